The van der Waals surface area contributed by atoms with Crippen LogP contribution in [0.3, 0.4) is 0 Å². The fourth-order valence-electron chi connectivity index (χ4n) is 2.96. The second-order valence-electron chi connectivity index (χ2n) is 5.86. The highest BCUT2D eigenvalue weighted by Crippen LogP contribution is 2.21. The van der Waals surface area contributed by atoms with Gasteiger partial charge in [0.2, 0.25) is 5.91 Å². The van der Waals surface area contributed by atoms with Crippen molar-refractivity contribution in [2.75, 3.05) is 13.1 Å². The van der Waals surface area contributed by atoms with E-state index >= 15 is 0 Å². The molecular weight excluding hydrogens is 310 g/mol. The lowest BCUT2D eigenvalue weighted by molar-refractivity contribution is -0.121. The van der Waals surface area contributed by atoms with Crippen molar-refractivity contribution in [2.45, 2.75) is 32.9 Å². The SMILES string of the molecule is Cc1sc(=O)n(CC(=O)NCC2NCCc3ccccc32)c1C. The number of fused-ring (bicyclic) bond motifs is 1. The van der Waals surface area contributed by atoms with Crippen molar-refractivity contribution in [1.29, 1.82) is 0 Å². The van der Waals surface area contributed by atoms with Gasteiger partial charge in [0.05, 0.1) is 0 Å². The summed E-state index contributed by atoms with van der Waals surface area (Å²) in [4.78, 5) is 24.9. The average Bonchev–Trinajstić information content (AvgIpc) is 2.79. The Balaban J connectivity index is 1.63. The molecule has 2 N–H and O–H groups in total. The Hall–Kier alpha value is -1.92. The first kappa shape index (κ1) is 16.0. The molecule has 1 aliphatic rings. The summed E-state index contributed by atoms with van der Waals surface area (Å²) in [6.45, 7) is 5.31. The number of carbonyl (C=O) groups is 1. The molecule has 0 aliphatic carbocycles. The highest BCUT2D eigenvalue weighted by molar-refractivity contribution is 7.09. The lowest BCUT2D eigenvalue weighted by Gasteiger charge is -2.27. The number of nitrogens with one attached hydrogen (secondary N) is 2. The molecule has 1 aliphatic heterocycles. The highest BCUT2D eigenvalue weighted by atomic mass is 32.1. The van der Waals surface area contributed by atoms with Crippen LogP contribution in [0.5, 0.6) is 0 Å². The number of carbonyl (C=O) groups excluding carboxylic acids is 1. The standard InChI is InChI=1S/C17H21N3O2S/c1-11-12(2)23-17(22)20(11)10-16(21)19-9-15-14-6-4-3-5-13(14)7-8-18-15/h3-6,15,18H,7-10H2,1-2H3,(H,19,21). The molecule has 1 aromatic heterocycles. The van der Waals surface area contributed by atoms with E-state index in [4.69, 9.17) is 0 Å². The van der Waals surface area contributed by atoms with Gasteiger partial charge in [-0.05, 0) is 37.9 Å². The van der Waals surface area contributed by atoms with E-state index in [9.17, 15) is 9.59 Å². The Labute approximate surface area is 139 Å². The van der Waals surface area contributed by atoms with Gasteiger partial charge in [-0.2, -0.15) is 0 Å². The molecule has 2 heterocycles. The molecule has 23 heavy (non-hydrogen) atoms. The molecule has 3 rings (SSSR count). The lowest BCUT2D eigenvalue weighted by Crippen LogP contribution is -2.40. The molecule has 1 aromatic carbocycles. The summed E-state index contributed by atoms with van der Waals surface area (Å²) in [5, 5.41) is 6.39. The molecule has 1 amide bonds. The Bertz CT molecular complexity index is 778. The second-order valence-corrected chi connectivity index (χ2v) is 7.02. The van der Waals surface area contributed by atoms with Crippen molar-refractivity contribution < 1.29 is 4.79 Å². The first-order chi connectivity index (χ1) is 11.1. The highest BCUT2D eigenvalue weighted by Gasteiger charge is 2.20. The van der Waals surface area contributed by atoms with Crippen LogP contribution in [0.4, 0.5) is 0 Å². The number of benzene rings is 1. The van der Waals surface area contributed by atoms with Crippen molar-refractivity contribution in [3.63, 3.8) is 0 Å². The number of aryl methyl sites for hydroxylation is 1. The summed E-state index contributed by atoms with van der Waals surface area (Å²) in [6, 6.07) is 8.45. The second kappa shape index (κ2) is 6.68. The quantitative estimate of drug-likeness (QED) is 0.893. The summed E-state index contributed by atoms with van der Waals surface area (Å²) in [5.41, 5.74) is 3.46. The van der Waals surface area contributed by atoms with Crippen LogP contribution >= 0.6 is 11.3 Å². The van der Waals surface area contributed by atoms with Gasteiger partial charge >= 0.3 is 4.87 Å². The number of amides is 1. The topological polar surface area (TPSA) is 63.1 Å². The maximum Gasteiger partial charge on any atom is 0.308 e. The fraction of sp³-hybridized carbons (Fsp3) is 0.412. The smallest absolute Gasteiger partial charge is 0.308 e. The van der Waals surface area contributed by atoms with E-state index in [1.165, 1.54) is 27.0 Å². The van der Waals surface area contributed by atoms with Gasteiger partial charge in [0, 0.05) is 23.2 Å². The van der Waals surface area contributed by atoms with E-state index < -0.39 is 0 Å². The van der Waals surface area contributed by atoms with Crippen molar-refractivity contribution in [3.8, 4) is 0 Å². The van der Waals surface area contributed by atoms with Crippen molar-refractivity contribution in [1.82, 2.24) is 15.2 Å². The summed E-state index contributed by atoms with van der Waals surface area (Å²) >= 11 is 1.19. The normalized spacial score (nSPS) is 16.9. The van der Waals surface area contributed by atoms with Crippen LogP contribution in [-0.2, 0) is 17.8 Å². The zero-order chi connectivity index (χ0) is 16.4. The van der Waals surface area contributed by atoms with Gasteiger partial charge in [-0.25, -0.2) is 0 Å². The lowest BCUT2D eigenvalue weighted by atomic mass is 9.94. The summed E-state index contributed by atoms with van der Waals surface area (Å²) < 4.78 is 1.54. The van der Waals surface area contributed by atoms with Crippen molar-refractivity contribution in [3.05, 3.63) is 55.6 Å². The number of hydrogen-bond acceptors (Lipinski definition) is 4. The Kier molecular flexibility index (Phi) is 4.63. The van der Waals surface area contributed by atoms with Gasteiger partial charge in [-0.3, -0.25) is 14.2 Å². The van der Waals surface area contributed by atoms with E-state index in [2.05, 4.69) is 22.8 Å². The van der Waals surface area contributed by atoms with Gasteiger partial charge in [-0.1, -0.05) is 35.6 Å². The number of thiazole rings is 1. The molecule has 1 atom stereocenters. The number of nitrogens with zero attached hydrogens (tertiary/aromatic N) is 1. The maximum absolute atomic E-state index is 12.2. The van der Waals surface area contributed by atoms with E-state index in [-0.39, 0.29) is 23.4 Å². The molecule has 0 bridgehead atoms. The minimum atomic E-state index is -0.127. The van der Waals surface area contributed by atoms with E-state index in [1.807, 2.05) is 26.0 Å². The van der Waals surface area contributed by atoms with Gasteiger partial charge in [0.1, 0.15) is 6.54 Å². The van der Waals surface area contributed by atoms with Crippen LogP contribution < -0.4 is 15.5 Å². The van der Waals surface area contributed by atoms with Crippen LogP contribution in [-0.4, -0.2) is 23.6 Å². The molecule has 0 saturated heterocycles. The summed E-state index contributed by atoms with van der Waals surface area (Å²) in [7, 11) is 0. The van der Waals surface area contributed by atoms with E-state index in [0.29, 0.717) is 6.54 Å². The zero-order valence-corrected chi connectivity index (χ0v) is 14.2. The van der Waals surface area contributed by atoms with Crippen LogP contribution in [0.15, 0.2) is 29.1 Å². The summed E-state index contributed by atoms with van der Waals surface area (Å²) in [5.74, 6) is -0.127. The van der Waals surface area contributed by atoms with Gasteiger partial charge < -0.3 is 10.6 Å². The van der Waals surface area contributed by atoms with Gasteiger partial charge in [0.25, 0.3) is 0 Å². The van der Waals surface area contributed by atoms with Crippen LogP contribution in [0.25, 0.3) is 0 Å². The molecule has 0 saturated carbocycles. The molecule has 122 valence electrons. The number of rotatable bonds is 4. The molecule has 6 heteroatoms. The molecule has 2 aromatic rings. The predicted octanol–water partition coefficient (Wildman–Crippen LogP) is 1.53. The van der Waals surface area contributed by atoms with Crippen LogP contribution in [0, 0.1) is 13.8 Å². The van der Waals surface area contributed by atoms with Crippen LogP contribution in [0.1, 0.15) is 27.7 Å². The van der Waals surface area contributed by atoms with Gasteiger partial charge in [0.15, 0.2) is 0 Å². The first-order valence-electron chi connectivity index (χ1n) is 7.81. The molecule has 1 unspecified atom stereocenters. The molecule has 0 radical (unpaired) electrons. The first-order valence-corrected chi connectivity index (χ1v) is 8.62. The van der Waals surface area contributed by atoms with Gasteiger partial charge in [-0.15, -0.1) is 0 Å². The average molecular weight is 331 g/mol. The Morgan fingerprint density at radius 2 is 2.17 bits per heavy atom. The minimum absolute atomic E-state index is 0.0729. The van der Waals surface area contributed by atoms with Crippen molar-refractivity contribution >= 4 is 17.2 Å². The van der Waals surface area contributed by atoms with Crippen molar-refractivity contribution in [2.24, 2.45) is 0 Å². The molecule has 5 nitrogen and oxygen atoms in total. The third-order valence-corrected chi connectivity index (χ3v) is 5.39. The molecule has 0 fully saturated rings. The van der Waals surface area contributed by atoms with E-state index in [1.54, 1.807) is 0 Å². The third kappa shape index (κ3) is 3.38. The third-order valence-electron chi connectivity index (χ3n) is 4.40. The zero-order valence-electron chi connectivity index (χ0n) is 13.4. The monoisotopic (exact) mass is 331 g/mol. The number of aromatic nitrogens is 1. The molecule has 0 spiro atoms. The summed E-state index contributed by atoms with van der Waals surface area (Å²) in [6.07, 6.45) is 1.02. The minimum Gasteiger partial charge on any atom is -0.353 e. The fourth-order valence-corrected chi connectivity index (χ4v) is 3.79. The Morgan fingerprint density at radius 1 is 1.39 bits per heavy atom. The number of hydrogen-bond donors (Lipinski definition) is 2. The van der Waals surface area contributed by atoms with Crippen LogP contribution in [0.2, 0.25) is 0 Å². The molecular formula is C17H21N3O2S. The maximum atomic E-state index is 12.2. The predicted molar refractivity (Wildman–Crippen MR) is 92.0 cm³/mol. The largest absolute Gasteiger partial charge is 0.353 e. The Morgan fingerprint density at radius 3 is 2.91 bits per heavy atom. The van der Waals surface area contributed by atoms with E-state index in [0.717, 1.165) is 23.5 Å².